The van der Waals surface area contributed by atoms with Gasteiger partial charge in [-0.3, -0.25) is 0 Å². The maximum atomic E-state index is 10.3. The van der Waals surface area contributed by atoms with Crippen LogP contribution < -0.4 is 0 Å². The number of phenols is 5. The molecular weight excluding hydrogens is 260 g/mol. The Hall–Kier alpha value is -2.82. The quantitative estimate of drug-likeness (QED) is 0.246. The minimum atomic E-state index is -0.481. The lowest BCUT2D eigenvalue weighted by molar-refractivity contribution is 0.401. The third kappa shape index (κ3) is 1.50. The van der Waals surface area contributed by atoms with E-state index in [1.54, 1.807) is 13.0 Å². The number of aromatic hydroxyl groups is 5. The Labute approximate surface area is 113 Å². The predicted octanol–water partition coefficient (Wildman–Crippen LogP) is 2.83. The summed E-state index contributed by atoms with van der Waals surface area (Å²) < 4.78 is 0. The molecule has 0 aliphatic heterocycles. The summed E-state index contributed by atoms with van der Waals surface area (Å²) in [7, 11) is 0. The standard InChI is InChI=1S/C15H12O5/c1-6-2-7-4-8-13(10(17)5-11(18)14(8)19)15(20)12(7)9(16)3-6/h2-5,16-20H,1H3. The van der Waals surface area contributed by atoms with Gasteiger partial charge in [-0.05, 0) is 30.0 Å². The molecular formula is C15H12O5. The summed E-state index contributed by atoms with van der Waals surface area (Å²) in [6, 6.07) is 5.64. The normalized spacial score (nSPS) is 11.2. The first-order valence-corrected chi connectivity index (χ1v) is 5.93. The highest BCUT2D eigenvalue weighted by atomic mass is 16.3. The van der Waals surface area contributed by atoms with Gasteiger partial charge in [-0.1, -0.05) is 6.07 Å². The van der Waals surface area contributed by atoms with Crippen LogP contribution in [0.2, 0.25) is 0 Å². The molecule has 0 unspecified atom stereocenters. The summed E-state index contributed by atoms with van der Waals surface area (Å²) in [5.41, 5.74) is 0.776. The molecule has 0 saturated heterocycles. The highest BCUT2D eigenvalue weighted by molar-refractivity contribution is 6.12. The van der Waals surface area contributed by atoms with E-state index in [0.29, 0.717) is 5.39 Å². The summed E-state index contributed by atoms with van der Waals surface area (Å²) >= 11 is 0. The molecule has 102 valence electrons. The lowest BCUT2D eigenvalue weighted by atomic mass is 9.98. The Balaban J connectivity index is 2.64. The number of phenolic OH excluding ortho intramolecular Hbond substituents is 5. The fourth-order valence-corrected chi connectivity index (χ4v) is 2.50. The van der Waals surface area contributed by atoms with E-state index >= 15 is 0 Å². The first-order chi connectivity index (χ1) is 9.40. The van der Waals surface area contributed by atoms with Crippen LogP contribution in [-0.4, -0.2) is 25.5 Å². The molecule has 0 fully saturated rings. The number of hydrogen-bond donors (Lipinski definition) is 5. The molecule has 3 rings (SSSR count). The third-order valence-electron chi connectivity index (χ3n) is 3.36. The van der Waals surface area contributed by atoms with Crippen molar-refractivity contribution in [1.82, 2.24) is 0 Å². The summed E-state index contributed by atoms with van der Waals surface area (Å²) in [5, 5.41) is 50.2. The average Bonchev–Trinajstić information content (AvgIpc) is 2.34. The van der Waals surface area contributed by atoms with Crippen LogP contribution in [-0.2, 0) is 0 Å². The van der Waals surface area contributed by atoms with Crippen LogP contribution >= 0.6 is 0 Å². The fourth-order valence-electron chi connectivity index (χ4n) is 2.50. The molecule has 0 heterocycles. The van der Waals surface area contributed by atoms with Crippen molar-refractivity contribution in [3.8, 4) is 28.7 Å². The van der Waals surface area contributed by atoms with Crippen molar-refractivity contribution >= 4 is 21.5 Å². The van der Waals surface area contributed by atoms with E-state index < -0.39 is 11.5 Å². The maximum absolute atomic E-state index is 10.3. The van der Waals surface area contributed by atoms with Crippen molar-refractivity contribution in [1.29, 1.82) is 0 Å². The summed E-state index contributed by atoms with van der Waals surface area (Å²) in [5.74, 6) is -1.76. The van der Waals surface area contributed by atoms with Crippen molar-refractivity contribution < 1.29 is 25.5 Å². The van der Waals surface area contributed by atoms with E-state index in [1.807, 2.05) is 0 Å². The van der Waals surface area contributed by atoms with Gasteiger partial charge in [0.1, 0.15) is 17.2 Å². The highest BCUT2D eigenvalue weighted by Gasteiger charge is 2.18. The summed E-state index contributed by atoms with van der Waals surface area (Å²) in [4.78, 5) is 0. The smallest absolute Gasteiger partial charge is 0.165 e. The molecule has 3 aromatic rings. The Morgan fingerprint density at radius 3 is 2.00 bits per heavy atom. The van der Waals surface area contributed by atoms with Gasteiger partial charge in [0, 0.05) is 11.5 Å². The fraction of sp³-hybridized carbons (Fsp3) is 0.0667. The topological polar surface area (TPSA) is 101 Å². The number of benzene rings is 3. The van der Waals surface area contributed by atoms with Crippen LogP contribution in [0, 0.1) is 6.92 Å². The van der Waals surface area contributed by atoms with Crippen LogP contribution in [0.1, 0.15) is 5.56 Å². The van der Waals surface area contributed by atoms with E-state index in [2.05, 4.69) is 0 Å². The lowest BCUT2D eigenvalue weighted by Crippen LogP contribution is -1.84. The van der Waals surface area contributed by atoms with Crippen molar-refractivity contribution in [3.63, 3.8) is 0 Å². The summed E-state index contributed by atoms with van der Waals surface area (Å²) in [6.45, 7) is 1.78. The first kappa shape index (κ1) is 12.2. The molecule has 0 amide bonds. The Morgan fingerprint density at radius 2 is 1.30 bits per heavy atom. The number of fused-ring (bicyclic) bond motifs is 2. The minimum Gasteiger partial charge on any atom is -0.507 e. The Kier molecular flexibility index (Phi) is 2.34. The van der Waals surface area contributed by atoms with Crippen molar-refractivity contribution in [2.24, 2.45) is 0 Å². The molecule has 0 saturated carbocycles. The van der Waals surface area contributed by atoms with Gasteiger partial charge in [0.05, 0.1) is 10.8 Å². The molecule has 0 aromatic heterocycles. The van der Waals surface area contributed by atoms with Gasteiger partial charge in [0.15, 0.2) is 11.5 Å². The second-order valence-corrected chi connectivity index (χ2v) is 4.79. The lowest BCUT2D eigenvalue weighted by Gasteiger charge is -2.12. The monoisotopic (exact) mass is 272 g/mol. The number of rotatable bonds is 0. The third-order valence-corrected chi connectivity index (χ3v) is 3.36. The molecule has 0 spiro atoms. The van der Waals surface area contributed by atoms with Crippen molar-refractivity contribution in [3.05, 3.63) is 29.8 Å². The van der Waals surface area contributed by atoms with Gasteiger partial charge in [0.25, 0.3) is 0 Å². The molecule has 0 radical (unpaired) electrons. The van der Waals surface area contributed by atoms with Gasteiger partial charge in [-0.25, -0.2) is 0 Å². The Bertz CT molecular complexity index is 868. The van der Waals surface area contributed by atoms with Gasteiger partial charge in [0.2, 0.25) is 0 Å². The van der Waals surface area contributed by atoms with E-state index in [9.17, 15) is 25.5 Å². The average molecular weight is 272 g/mol. The summed E-state index contributed by atoms with van der Waals surface area (Å²) in [6.07, 6.45) is 0. The molecule has 20 heavy (non-hydrogen) atoms. The van der Waals surface area contributed by atoms with Crippen LogP contribution in [0.4, 0.5) is 0 Å². The first-order valence-electron chi connectivity index (χ1n) is 5.93. The van der Waals surface area contributed by atoms with Crippen molar-refractivity contribution in [2.75, 3.05) is 0 Å². The van der Waals surface area contributed by atoms with Crippen LogP contribution in [0.15, 0.2) is 24.3 Å². The predicted molar refractivity (Wildman–Crippen MR) is 74.5 cm³/mol. The number of aryl methyl sites for hydroxylation is 1. The van der Waals surface area contributed by atoms with E-state index in [-0.39, 0.29) is 33.4 Å². The molecule has 0 atom stereocenters. The van der Waals surface area contributed by atoms with Gasteiger partial charge in [-0.15, -0.1) is 0 Å². The van der Waals surface area contributed by atoms with Crippen LogP contribution in [0.25, 0.3) is 21.5 Å². The number of hydrogen-bond acceptors (Lipinski definition) is 5. The zero-order valence-electron chi connectivity index (χ0n) is 10.5. The van der Waals surface area contributed by atoms with Crippen LogP contribution in [0.3, 0.4) is 0 Å². The molecule has 0 aliphatic rings. The zero-order chi connectivity index (χ0) is 14.6. The molecule has 5 nitrogen and oxygen atoms in total. The largest absolute Gasteiger partial charge is 0.507 e. The maximum Gasteiger partial charge on any atom is 0.165 e. The molecule has 0 bridgehead atoms. The molecule has 5 N–H and O–H groups in total. The molecule has 3 aromatic carbocycles. The SMILES string of the molecule is Cc1cc(O)c2c(O)c3c(O)cc(O)c(O)c3cc2c1. The molecule has 5 heteroatoms. The van der Waals surface area contributed by atoms with Gasteiger partial charge < -0.3 is 25.5 Å². The van der Waals surface area contributed by atoms with Gasteiger partial charge in [-0.2, -0.15) is 0 Å². The van der Waals surface area contributed by atoms with Crippen LogP contribution in [0.5, 0.6) is 28.7 Å². The Morgan fingerprint density at radius 1 is 0.650 bits per heavy atom. The minimum absolute atomic E-state index is 0.0213. The van der Waals surface area contributed by atoms with E-state index in [4.69, 9.17) is 0 Å². The van der Waals surface area contributed by atoms with Crippen molar-refractivity contribution in [2.45, 2.75) is 6.92 Å². The zero-order valence-corrected chi connectivity index (χ0v) is 10.5. The van der Waals surface area contributed by atoms with E-state index in [0.717, 1.165) is 11.6 Å². The second-order valence-electron chi connectivity index (χ2n) is 4.79. The van der Waals surface area contributed by atoms with E-state index in [1.165, 1.54) is 12.1 Å². The van der Waals surface area contributed by atoms with Gasteiger partial charge >= 0.3 is 0 Å². The molecule has 0 aliphatic carbocycles. The second kappa shape index (κ2) is 3.84. The highest BCUT2D eigenvalue weighted by Crippen LogP contribution is 2.48.